The van der Waals surface area contributed by atoms with E-state index in [1.807, 2.05) is 29.6 Å². The van der Waals surface area contributed by atoms with Gasteiger partial charge in [0.2, 0.25) is 0 Å². The fourth-order valence-corrected chi connectivity index (χ4v) is 5.43. The van der Waals surface area contributed by atoms with E-state index in [4.69, 9.17) is 20.2 Å². The van der Waals surface area contributed by atoms with Gasteiger partial charge in [0.05, 0.1) is 43.0 Å². The van der Waals surface area contributed by atoms with Crippen molar-refractivity contribution in [2.75, 3.05) is 19.1 Å². The molecule has 1 atom stereocenters. The van der Waals surface area contributed by atoms with Gasteiger partial charge in [-0.25, -0.2) is 14.6 Å². The largest absolute Gasteiger partial charge is 0.466 e. The van der Waals surface area contributed by atoms with Crippen molar-refractivity contribution in [1.82, 2.24) is 9.97 Å². The Kier molecular flexibility index (Phi) is 7.39. The molecule has 9 nitrogen and oxygen atoms in total. The number of nitrogens with zero attached hydrogens (tertiary/aromatic N) is 4. The molecule has 0 bridgehead atoms. The standard InChI is InChI=1S/C30H23N5O4S/c1-38-29(36)25-24(18-8-4-3-5-9-18)22(15-31)27(32)35(26(25)30(37)39-2)21-12-6-10-19(14-21)23-17-40-28(34-23)20-11-7-13-33-16-20/h3-14,16-17,24H,32H2,1-2H3. The van der Waals surface area contributed by atoms with Crippen LogP contribution in [0.5, 0.6) is 0 Å². The Bertz CT molecular complexity index is 1690. The number of benzene rings is 2. The Labute approximate surface area is 234 Å². The van der Waals surface area contributed by atoms with Crippen molar-refractivity contribution in [2.24, 2.45) is 5.73 Å². The van der Waals surface area contributed by atoms with E-state index in [1.165, 1.54) is 30.5 Å². The lowest BCUT2D eigenvalue weighted by Gasteiger charge is -2.36. The van der Waals surface area contributed by atoms with Crippen LogP contribution in [0.3, 0.4) is 0 Å². The van der Waals surface area contributed by atoms with E-state index in [9.17, 15) is 14.9 Å². The minimum atomic E-state index is -0.937. The van der Waals surface area contributed by atoms with E-state index in [-0.39, 0.29) is 22.7 Å². The number of hydrogen-bond donors (Lipinski definition) is 1. The van der Waals surface area contributed by atoms with Crippen molar-refractivity contribution < 1.29 is 19.1 Å². The molecule has 1 unspecified atom stereocenters. The number of nitriles is 1. The van der Waals surface area contributed by atoms with Crippen LogP contribution in [0.4, 0.5) is 5.69 Å². The molecule has 1 aliphatic heterocycles. The molecule has 3 heterocycles. The number of nitrogens with two attached hydrogens (primary N) is 1. The van der Waals surface area contributed by atoms with E-state index in [1.54, 1.807) is 54.9 Å². The van der Waals surface area contributed by atoms with Crippen LogP contribution in [-0.2, 0) is 19.1 Å². The first-order valence-corrected chi connectivity index (χ1v) is 13.0. The van der Waals surface area contributed by atoms with E-state index in [2.05, 4.69) is 11.1 Å². The zero-order chi connectivity index (χ0) is 28.2. The van der Waals surface area contributed by atoms with Gasteiger partial charge in [0, 0.05) is 34.6 Å². The first-order chi connectivity index (χ1) is 19.5. The highest BCUT2D eigenvalue weighted by molar-refractivity contribution is 7.13. The Hall–Kier alpha value is -5.27. The molecule has 0 radical (unpaired) electrons. The van der Waals surface area contributed by atoms with Gasteiger partial charge in [-0.05, 0) is 29.8 Å². The van der Waals surface area contributed by atoms with Gasteiger partial charge < -0.3 is 15.2 Å². The number of rotatable bonds is 6. The summed E-state index contributed by atoms with van der Waals surface area (Å²) in [6, 6.07) is 22.0. The van der Waals surface area contributed by atoms with Gasteiger partial charge in [0.1, 0.15) is 16.5 Å². The lowest BCUT2D eigenvalue weighted by atomic mass is 9.81. The second kappa shape index (κ2) is 11.2. The molecule has 0 saturated heterocycles. The Balaban J connectivity index is 1.69. The molecule has 0 spiro atoms. The molecule has 2 N–H and O–H groups in total. The summed E-state index contributed by atoms with van der Waals surface area (Å²) in [4.78, 5) is 36.8. The molecule has 2 aromatic heterocycles. The van der Waals surface area contributed by atoms with E-state index in [0.717, 1.165) is 16.1 Å². The van der Waals surface area contributed by atoms with Crippen LogP contribution in [0.25, 0.3) is 21.8 Å². The molecule has 0 amide bonds. The summed E-state index contributed by atoms with van der Waals surface area (Å²) in [6.45, 7) is 0. The third-order valence-electron chi connectivity index (χ3n) is 6.42. The smallest absolute Gasteiger partial charge is 0.355 e. The van der Waals surface area contributed by atoms with Crippen molar-refractivity contribution >= 4 is 29.0 Å². The maximum atomic E-state index is 13.3. The fourth-order valence-electron chi connectivity index (χ4n) is 4.61. The third-order valence-corrected chi connectivity index (χ3v) is 7.31. The topological polar surface area (TPSA) is 131 Å². The third kappa shape index (κ3) is 4.70. The molecule has 198 valence electrons. The first-order valence-electron chi connectivity index (χ1n) is 12.1. The van der Waals surface area contributed by atoms with Crippen molar-refractivity contribution in [3.05, 3.63) is 113 Å². The Morgan fingerprint density at radius 2 is 1.75 bits per heavy atom. The van der Waals surface area contributed by atoms with Crippen LogP contribution in [0.1, 0.15) is 11.5 Å². The number of methoxy groups -OCH3 is 2. The maximum absolute atomic E-state index is 13.3. The lowest BCUT2D eigenvalue weighted by Crippen LogP contribution is -2.40. The van der Waals surface area contributed by atoms with Gasteiger partial charge in [-0.3, -0.25) is 9.88 Å². The van der Waals surface area contributed by atoms with Crippen LogP contribution in [0.15, 0.2) is 107 Å². The van der Waals surface area contributed by atoms with Crippen LogP contribution in [0, 0.1) is 11.3 Å². The molecule has 5 rings (SSSR count). The summed E-state index contributed by atoms with van der Waals surface area (Å²) in [5.74, 6) is -2.53. The maximum Gasteiger partial charge on any atom is 0.355 e. The predicted molar refractivity (Wildman–Crippen MR) is 150 cm³/mol. The average molecular weight is 550 g/mol. The molecular weight excluding hydrogens is 526 g/mol. The number of thiazole rings is 1. The van der Waals surface area contributed by atoms with Gasteiger partial charge in [-0.1, -0.05) is 42.5 Å². The molecule has 2 aromatic carbocycles. The van der Waals surface area contributed by atoms with Gasteiger partial charge in [0.15, 0.2) is 0 Å². The summed E-state index contributed by atoms with van der Waals surface area (Å²) in [5, 5.41) is 13.0. The number of pyridine rings is 1. The minimum Gasteiger partial charge on any atom is -0.466 e. The molecule has 1 aliphatic rings. The number of esters is 2. The highest BCUT2D eigenvalue weighted by Crippen LogP contribution is 2.43. The van der Waals surface area contributed by atoms with Crippen LogP contribution < -0.4 is 10.6 Å². The van der Waals surface area contributed by atoms with Gasteiger partial charge in [0.25, 0.3) is 0 Å². The predicted octanol–water partition coefficient (Wildman–Crippen LogP) is 4.77. The van der Waals surface area contributed by atoms with Crippen LogP contribution >= 0.6 is 11.3 Å². The monoisotopic (exact) mass is 549 g/mol. The summed E-state index contributed by atoms with van der Waals surface area (Å²) in [5.41, 5.74) is 9.89. The van der Waals surface area contributed by atoms with Crippen molar-refractivity contribution in [3.8, 4) is 27.9 Å². The first kappa shape index (κ1) is 26.3. The van der Waals surface area contributed by atoms with Crippen molar-refractivity contribution in [3.63, 3.8) is 0 Å². The molecule has 0 aliphatic carbocycles. The second-order valence-corrected chi connectivity index (χ2v) is 9.52. The number of anilines is 1. The number of hydrogen-bond acceptors (Lipinski definition) is 10. The lowest BCUT2D eigenvalue weighted by molar-refractivity contribution is -0.139. The summed E-state index contributed by atoms with van der Waals surface area (Å²) in [6.07, 6.45) is 3.44. The van der Waals surface area contributed by atoms with Crippen LogP contribution in [-0.4, -0.2) is 36.1 Å². The quantitative estimate of drug-likeness (QED) is 0.338. The summed E-state index contributed by atoms with van der Waals surface area (Å²) >= 11 is 1.47. The van der Waals surface area contributed by atoms with Gasteiger partial charge >= 0.3 is 11.9 Å². The molecule has 0 fully saturated rings. The highest BCUT2D eigenvalue weighted by Gasteiger charge is 2.43. The van der Waals surface area contributed by atoms with Gasteiger partial charge in [-0.15, -0.1) is 11.3 Å². The van der Waals surface area contributed by atoms with E-state index >= 15 is 0 Å². The number of aromatic nitrogens is 2. The van der Waals surface area contributed by atoms with Crippen molar-refractivity contribution in [1.29, 1.82) is 5.26 Å². The Morgan fingerprint density at radius 1 is 1.00 bits per heavy atom. The summed E-state index contributed by atoms with van der Waals surface area (Å²) < 4.78 is 10.2. The zero-order valence-corrected chi connectivity index (χ0v) is 22.4. The minimum absolute atomic E-state index is 0.00381. The average Bonchev–Trinajstić information content (AvgIpc) is 3.51. The van der Waals surface area contributed by atoms with E-state index < -0.39 is 17.9 Å². The van der Waals surface area contributed by atoms with Gasteiger partial charge in [-0.2, -0.15) is 5.26 Å². The second-order valence-electron chi connectivity index (χ2n) is 8.67. The Morgan fingerprint density at radius 3 is 2.42 bits per heavy atom. The van der Waals surface area contributed by atoms with Crippen molar-refractivity contribution in [2.45, 2.75) is 5.92 Å². The fraction of sp³-hybridized carbons (Fsp3) is 0.100. The summed E-state index contributed by atoms with van der Waals surface area (Å²) in [7, 11) is 2.43. The molecule has 10 heteroatoms. The SMILES string of the molecule is COC(=O)C1=C(C(=O)OC)N(c2cccc(-c3csc(-c4cccnc4)n3)c2)C(N)=C(C#N)C1c1ccccc1. The molecular formula is C30H23N5O4S. The van der Waals surface area contributed by atoms with E-state index in [0.29, 0.717) is 16.9 Å². The molecule has 0 saturated carbocycles. The van der Waals surface area contributed by atoms with Crippen LogP contribution in [0.2, 0.25) is 0 Å². The number of carbonyl (C=O) groups excluding carboxylic acids is 2. The number of carbonyl (C=O) groups is 2. The molecule has 4 aromatic rings. The zero-order valence-electron chi connectivity index (χ0n) is 21.6. The number of allylic oxidation sites excluding steroid dienone is 1. The highest BCUT2D eigenvalue weighted by atomic mass is 32.1. The number of ether oxygens (including phenoxy) is 2. The normalized spacial score (nSPS) is 15.0. The molecule has 40 heavy (non-hydrogen) atoms.